The molecule has 2 aliphatic rings. The van der Waals surface area contributed by atoms with Crippen molar-refractivity contribution < 1.29 is 38.9 Å². The number of benzene rings is 9. The van der Waals surface area contributed by atoms with E-state index in [4.69, 9.17) is 29.5 Å². The van der Waals surface area contributed by atoms with Crippen LogP contribution in [-0.4, -0.2) is 59.6 Å². The lowest BCUT2D eigenvalue weighted by Crippen LogP contribution is -2.21. The molecule has 10 nitrogen and oxygen atoms in total. The Hall–Kier alpha value is -6.39. The van der Waals surface area contributed by atoms with Crippen molar-refractivity contribution in [3.8, 4) is 22.6 Å². The minimum atomic E-state index is -0.833. The molecule has 1 aliphatic heterocycles. The number of aliphatic hydroxyl groups is 1. The summed E-state index contributed by atoms with van der Waals surface area (Å²) in [5, 5.41) is 24.5. The van der Waals surface area contributed by atoms with Gasteiger partial charge >= 0.3 is 0 Å². The lowest BCUT2D eigenvalue weighted by molar-refractivity contribution is -0.134. The molecule has 0 radical (unpaired) electrons. The van der Waals surface area contributed by atoms with E-state index in [2.05, 4.69) is 170 Å². The van der Waals surface area contributed by atoms with Gasteiger partial charge in [0.2, 0.25) is 11.6 Å². The van der Waals surface area contributed by atoms with Gasteiger partial charge in [0, 0.05) is 59.9 Å². The standard InChI is InChI=1S/C42H47Br2NO.C27H40O2.C14H6Br2O2.C2H4O2.C2H6O.CH4.H3N/c1-3-5-7-9-10-12-16-29(15-11-8-6-4-2)28-46-40-24-19-30-17-13-14-18-33(30)41(40)39-27-38-36-25-31(43)20-22-34(36)35-23-21-32(44)26-37(35)42(38)45-39;1-3-5-7-9-10-12-16-23(15-11-8-6-4-2)22-29-27-20-19-24-17-13-14-18-25(24)26(27)21-28;15-7-1-3-9-10-4-2-8(16)6-12(10)14(18)13(17)11(9)5-7;1-2(3)4;1-2-3;;/h13-14,17-26,29H,3-12,15-16,27-28H2,1-2H3;13-14,17-21,23H,3-12,15-16,22H2,1-2H3;1-6H;1H3,(H,3,4);3H,2H2,1H3;1H4;1H3. The highest BCUT2D eigenvalue weighted by Crippen LogP contribution is 2.46. The van der Waals surface area contributed by atoms with E-state index in [1.54, 1.807) is 19.1 Å². The Morgan fingerprint density at radius 2 is 0.843 bits per heavy atom. The fraction of sp³-hybridized carbons (Fsp3) is 0.420. The van der Waals surface area contributed by atoms with Crippen molar-refractivity contribution in [1.82, 2.24) is 6.15 Å². The summed E-state index contributed by atoms with van der Waals surface area (Å²) >= 11 is 14.1. The van der Waals surface area contributed by atoms with Crippen LogP contribution in [0.4, 0.5) is 5.69 Å². The topological polar surface area (TPSA) is 175 Å². The maximum Gasteiger partial charge on any atom is 0.300 e. The maximum absolute atomic E-state index is 12.1. The van der Waals surface area contributed by atoms with Gasteiger partial charge in [-0.25, -0.2) is 0 Å². The number of hydrogen-bond donors (Lipinski definition) is 3. The van der Waals surface area contributed by atoms with Crippen LogP contribution in [0, 0.1) is 11.8 Å². The van der Waals surface area contributed by atoms with E-state index in [0.717, 1.165) is 101 Å². The summed E-state index contributed by atoms with van der Waals surface area (Å²) in [6, 6.07) is 49.3. The average molecular weight is 1640 g/mol. The van der Waals surface area contributed by atoms with Gasteiger partial charge in [-0.1, -0.05) is 312 Å². The van der Waals surface area contributed by atoms with Gasteiger partial charge in [0.25, 0.3) is 5.97 Å². The number of nitrogens with zero attached hydrogens (tertiary/aromatic N) is 1. The van der Waals surface area contributed by atoms with Crippen molar-refractivity contribution in [3.05, 3.63) is 191 Å². The zero-order valence-electron chi connectivity index (χ0n) is 60.4. The number of carbonyl (C=O) groups is 4. The predicted octanol–water partition coefficient (Wildman–Crippen LogP) is 27.6. The number of unbranched alkanes of at least 4 members (excludes halogenated alkanes) is 16. The third-order valence-corrected chi connectivity index (χ3v) is 20.7. The number of ketones is 2. The molecule has 548 valence electrons. The van der Waals surface area contributed by atoms with E-state index >= 15 is 0 Å². The average Bonchev–Trinajstić information content (AvgIpc) is 1.52. The van der Waals surface area contributed by atoms with Crippen LogP contribution in [0.1, 0.15) is 245 Å². The molecule has 9 aromatic rings. The van der Waals surface area contributed by atoms with Gasteiger partial charge in [-0.2, -0.15) is 0 Å². The van der Waals surface area contributed by atoms with Crippen LogP contribution in [0.15, 0.2) is 168 Å². The van der Waals surface area contributed by atoms with Gasteiger partial charge in [0.1, 0.15) is 11.5 Å². The van der Waals surface area contributed by atoms with Gasteiger partial charge in [-0.15, -0.1) is 0 Å². The quantitative estimate of drug-likeness (QED) is 0.0160. The number of carboxylic acid groups (broad SMARTS) is 1. The summed E-state index contributed by atoms with van der Waals surface area (Å²) < 4.78 is 16.9. The van der Waals surface area contributed by atoms with Crippen LogP contribution in [-0.2, 0) is 11.2 Å². The van der Waals surface area contributed by atoms with E-state index in [1.165, 1.54) is 192 Å². The first-order valence-electron chi connectivity index (χ1n) is 36.7. The first-order valence-corrected chi connectivity index (χ1v) is 39.9. The molecule has 0 saturated heterocycles. The molecule has 14 heteroatoms. The third kappa shape index (κ3) is 25.5. The van der Waals surface area contributed by atoms with Crippen molar-refractivity contribution in [2.75, 3.05) is 19.8 Å². The third-order valence-electron chi connectivity index (χ3n) is 18.7. The Labute approximate surface area is 642 Å². The molecule has 5 N–H and O–H groups in total. The smallest absolute Gasteiger partial charge is 0.300 e. The number of hydrogen-bond acceptors (Lipinski definition) is 9. The van der Waals surface area contributed by atoms with Crippen molar-refractivity contribution in [2.45, 2.75) is 209 Å². The van der Waals surface area contributed by atoms with Crippen LogP contribution in [0.2, 0.25) is 0 Å². The Kier molecular flexibility index (Phi) is 39.3. The van der Waals surface area contributed by atoms with Crippen LogP contribution < -0.4 is 15.6 Å². The number of aliphatic hydroxyl groups excluding tert-OH is 1. The highest BCUT2D eigenvalue weighted by molar-refractivity contribution is 9.11. The van der Waals surface area contributed by atoms with Crippen LogP contribution in [0.25, 0.3) is 54.2 Å². The summed E-state index contributed by atoms with van der Waals surface area (Å²) in [5.41, 5.74) is 7.88. The number of carbonyl (C=O) groups excluding carboxylic acids is 3. The number of carboxylic acids is 1. The molecule has 1 heterocycles. The molecule has 2 atom stereocenters. The summed E-state index contributed by atoms with van der Waals surface area (Å²) in [5.74, 6) is 1.16. The molecule has 102 heavy (non-hydrogen) atoms. The summed E-state index contributed by atoms with van der Waals surface area (Å²) in [7, 11) is 0. The lowest BCUT2D eigenvalue weighted by atomic mass is 9.84. The Balaban J connectivity index is 0.000000285. The second-order valence-corrected chi connectivity index (χ2v) is 30.1. The molecule has 11 rings (SSSR count). The van der Waals surface area contributed by atoms with Crippen LogP contribution >= 0.6 is 63.7 Å². The molecule has 0 saturated carbocycles. The number of fused-ring (bicyclic) bond motifs is 11. The first-order chi connectivity index (χ1) is 48.6. The maximum atomic E-state index is 12.1. The van der Waals surface area contributed by atoms with Crippen molar-refractivity contribution >= 4 is 142 Å². The normalized spacial score (nSPS) is 12.3. The zero-order chi connectivity index (χ0) is 71.8. The van der Waals surface area contributed by atoms with Crippen molar-refractivity contribution in [1.29, 1.82) is 0 Å². The van der Waals surface area contributed by atoms with Crippen molar-refractivity contribution in [2.24, 2.45) is 16.8 Å². The fourth-order valence-corrected chi connectivity index (χ4v) is 15.0. The van der Waals surface area contributed by atoms with Gasteiger partial charge in [0.15, 0.2) is 6.29 Å². The molecule has 0 aromatic heterocycles. The van der Waals surface area contributed by atoms with Gasteiger partial charge in [-0.3, -0.25) is 24.2 Å². The molecule has 0 bridgehead atoms. The monoisotopic (exact) mass is 1640 g/mol. The molecule has 0 spiro atoms. The molecule has 1 aliphatic carbocycles. The molecule has 0 amide bonds. The number of aliphatic carboxylic acids is 1. The highest BCUT2D eigenvalue weighted by atomic mass is 79.9. The minimum absolute atomic E-state index is 0. The van der Waals surface area contributed by atoms with Crippen molar-refractivity contribution in [3.63, 3.8) is 0 Å². The Morgan fingerprint density at radius 3 is 1.31 bits per heavy atom. The number of Topliss-reactive ketones (excluding diaryl/α,β-unsaturated/α-hetero) is 2. The second kappa shape index (κ2) is 46.4. The largest absolute Gasteiger partial charge is 0.493 e. The number of halogens is 4. The van der Waals surface area contributed by atoms with E-state index in [1.807, 2.05) is 54.6 Å². The summed E-state index contributed by atoms with van der Waals surface area (Å²) in [4.78, 5) is 50.3. The summed E-state index contributed by atoms with van der Waals surface area (Å²) in [6.45, 7) is 13.6. The minimum Gasteiger partial charge on any atom is -0.493 e. The lowest BCUT2D eigenvalue weighted by Gasteiger charge is -2.20. The number of rotatable bonds is 32. The van der Waals surface area contributed by atoms with Crippen LogP contribution in [0.5, 0.6) is 11.5 Å². The molecular weight excluding hydrogens is 1530 g/mol. The molecule has 2 unspecified atom stereocenters. The number of aliphatic imine (C=N–C) groups is 1. The van der Waals surface area contributed by atoms with Gasteiger partial charge in [-0.05, 0) is 160 Å². The number of aldehydes is 1. The van der Waals surface area contributed by atoms with Gasteiger partial charge in [0.05, 0.1) is 30.2 Å². The molecular formula is C88H110Br4N2O8. The Morgan fingerprint density at radius 1 is 0.471 bits per heavy atom. The fourth-order valence-electron chi connectivity index (χ4n) is 13.5. The Bertz CT molecular complexity index is 4100. The molecule has 9 aromatic carbocycles. The number of ether oxygens (including phenoxy) is 2. The SMILES string of the molecule is C.CC(=O)O.CCCCCCCCC(CCCCCC)COc1ccc2ccccc2c1C1=Nc2c(c3cc(Br)ccc3c3ccc(Br)cc23)C1.CCCCCCCCC(CCCCCC)COc1ccc2ccccc2c1C=O.CCO.N.O=C1C(=O)c2cc(Br)ccc2-c2ccc(Br)cc21. The zero-order valence-corrected chi connectivity index (χ0v) is 66.7. The first kappa shape index (κ1) is 86.3. The van der Waals surface area contributed by atoms with E-state index in [-0.39, 0.29) is 20.2 Å². The second-order valence-electron chi connectivity index (χ2n) is 26.5. The van der Waals surface area contributed by atoms with Crippen LogP contribution in [0.3, 0.4) is 0 Å². The van der Waals surface area contributed by atoms with E-state index in [9.17, 15) is 14.4 Å². The van der Waals surface area contributed by atoms with E-state index in [0.29, 0.717) is 28.5 Å². The predicted molar refractivity (Wildman–Crippen MR) is 445 cm³/mol. The molecule has 0 fully saturated rings. The highest BCUT2D eigenvalue weighted by Gasteiger charge is 2.31. The van der Waals surface area contributed by atoms with E-state index < -0.39 is 17.5 Å². The van der Waals surface area contributed by atoms with Gasteiger partial charge < -0.3 is 25.8 Å². The summed E-state index contributed by atoms with van der Waals surface area (Å²) in [6.07, 6.45) is 33.2.